The van der Waals surface area contributed by atoms with Crippen molar-refractivity contribution in [3.8, 4) is 0 Å². The predicted octanol–water partition coefficient (Wildman–Crippen LogP) is 4.60. The molecule has 0 fully saturated rings. The van der Waals surface area contributed by atoms with E-state index < -0.39 is 17.6 Å². The smallest absolute Gasteiger partial charge is 0.351 e. The highest BCUT2D eigenvalue weighted by atomic mass is 32.1. The lowest BCUT2D eigenvalue weighted by Gasteiger charge is -2.27. The molecule has 2 aromatic carbocycles. The van der Waals surface area contributed by atoms with Crippen LogP contribution in [0, 0.1) is 0 Å². The number of methoxy groups -OCH3 is 1. The van der Waals surface area contributed by atoms with Crippen molar-refractivity contribution < 1.29 is 13.9 Å². The Balaban J connectivity index is 2.20. The van der Waals surface area contributed by atoms with Gasteiger partial charge in [-0.25, -0.2) is 14.2 Å². The first kappa shape index (κ1) is 16.3. The van der Waals surface area contributed by atoms with Crippen molar-refractivity contribution in [1.29, 1.82) is 0 Å². The SMILES string of the molecule is C=C[C@@H](c1ccccc1)[C@](F)(C(=O)OC)c1nc2ccccc2s1. The molecule has 24 heavy (non-hydrogen) atoms. The van der Waals surface area contributed by atoms with Crippen LogP contribution >= 0.6 is 11.3 Å². The van der Waals surface area contributed by atoms with Crippen molar-refractivity contribution in [2.24, 2.45) is 0 Å². The van der Waals surface area contributed by atoms with Crippen LogP contribution in [-0.4, -0.2) is 18.1 Å². The molecule has 0 bridgehead atoms. The minimum atomic E-state index is -2.43. The molecule has 0 unspecified atom stereocenters. The van der Waals surface area contributed by atoms with Gasteiger partial charge in [0.2, 0.25) is 0 Å². The van der Waals surface area contributed by atoms with Crippen LogP contribution in [0.3, 0.4) is 0 Å². The van der Waals surface area contributed by atoms with Gasteiger partial charge >= 0.3 is 5.97 Å². The number of carbonyl (C=O) groups excluding carboxylic acids is 1. The van der Waals surface area contributed by atoms with Gasteiger partial charge in [0.1, 0.15) is 5.01 Å². The zero-order valence-corrected chi connectivity index (χ0v) is 13.9. The summed E-state index contributed by atoms with van der Waals surface area (Å²) >= 11 is 1.15. The Labute approximate surface area is 143 Å². The second-order valence-electron chi connectivity index (χ2n) is 5.31. The molecule has 1 heterocycles. The van der Waals surface area contributed by atoms with Gasteiger partial charge in [-0.1, -0.05) is 48.5 Å². The number of allylic oxidation sites excluding steroid dienone is 1. The van der Waals surface area contributed by atoms with Crippen molar-refractivity contribution in [2.75, 3.05) is 7.11 Å². The second-order valence-corrected chi connectivity index (χ2v) is 6.34. The van der Waals surface area contributed by atoms with Gasteiger partial charge in [-0.3, -0.25) is 0 Å². The van der Waals surface area contributed by atoms with E-state index in [2.05, 4.69) is 11.6 Å². The number of ether oxygens (including phenoxy) is 1. The molecule has 2 atom stereocenters. The van der Waals surface area contributed by atoms with Gasteiger partial charge < -0.3 is 4.74 Å². The average Bonchev–Trinajstić information content (AvgIpc) is 3.07. The van der Waals surface area contributed by atoms with Gasteiger partial charge in [-0.15, -0.1) is 17.9 Å². The van der Waals surface area contributed by atoms with Crippen molar-refractivity contribution in [2.45, 2.75) is 11.6 Å². The maximum atomic E-state index is 16.1. The number of aromatic nitrogens is 1. The number of halogens is 1. The highest BCUT2D eigenvalue weighted by molar-refractivity contribution is 7.18. The van der Waals surface area contributed by atoms with Gasteiger partial charge in [0.05, 0.1) is 23.2 Å². The van der Waals surface area contributed by atoms with Crippen molar-refractivity contribution in [3.63, 3.8) is 0 Å². The Kier molecular flexibility index (Phi) is 4.44. The topological polar surface area (TPSA) is 39.2 Å². The highest BCUT2D eigenvalue weighted by Gasteiger charge is 2.51. The third kappa shape index (κ3) is 2.61. The molecule has 122 valence electrons. The maximum absolute atomic E-state index is 16.1. The molecule has 3 nitrogen and oxygen atoms in total. The number of hydrogen-bond donors (Lipinski definition) is 0. The van der Waals surface area contributed by atoms with Crippen LogP contribution in [0.25, 0.3) is 10.2 Å². The number of esters is 1. The summed E-state index contributed by atoms with van der Waals surface area (Å²) in [7, 11) is 1.18. The predicted molar refractivity (Wildman–Crippen MR) is 93.8 cm³/mol. The fourth-order valence-electron chi connectivity index (χ4n) is 2.71. The number of rotatable bonds is 5. The number of hydrogen-bond acceptors (Lipinski definition) is 4. The average molecular weight is 341 g/mol. The molecule has 0 aliphatic carbocycles. The van der Waals surface area contributed by atoms with Crippen molar-refractivity contribution >= 4 is 27.5 Å². The molecule has 0 aliphatic heterocycles. The highest BCUT2D eigenvalue weighted by Crippen LogP contribution is 2.45. The zero-order chi connectivity index (χ0) is 17.2. The molecule has 0 radical (unpaired) electrons. The maximum Gasteiger partial charge on any atom is 0.351 e. The van der Waals surface area contributed by atoms with Gasteiger partial charge in [0.25, 0.3) is 5.67 Å². The van der Waals surface area contributed by atoms with Gasteiger partial charge in [0, 0.05) is 0 Å². The number of para-hydroxylation sites is 1. The Bertz CT molecular complexity index is 844. The Hall–Kier alpha value is -2.53. The number of benzene rings is 2. The number of alkyl halides is 1. The number of fused-ring (bicyclic) bond motifs is 1. The van der Waals surface area contributed by atoms with E-state index in [0.717, 1.165) is 16.0 Å². The van der Waals surface area contributed by atoms with E-state index in [-0.39, 0.29) is 5.01 Å². The van der Waals surface area contributed by atoms with E-state index in [1.807, 2.05) is 24.3 Å². The largest absolute Gasteiger partial charge is 0.466 e. The number of carbonyl (C=O) groups is 1. The number of thiazole rings is 1. The fraction of sp³-hybridized carbons (Fsp3) is 0.158. The minimum Gasteiger partial charge on any atom is -0.466 e. The summed E-state index contributed by atoms with van der Waals surface area (Å²) < 4.78 is 21.7. The van der Waals surface area contributed by atoms with Crippen LogP contribution in [-0.2, 0) is 15.2 Å². The third-order valence-corrected chi connectivity index (χ3v) is 5.06. The Morgan fingerprint density at radius 2 is 1.92 bits per heavy atom. The van der Waals surface area contributed by atoms with Gasteiger partial charge in [-0.2, -0.15) is 0 Å². The Morgan fingerprint density at radius 1 is 1.25 bits per heavy atom. The lowest BCUT2D eigenvalue weighted by molar-refractivity contribution is -0.156. The standard InChI is InChI=1S/C19H16FNO2S/c1-3-14(13-9-5-4-6-10-13)19(20,18(22)23-2)17-21-15-11-7-8-12-16(15)24-17/h3-12,14H,1H2,2H3/t14-,19+/m0/s1. The van der Waals surface area contributed by atoms with E-state index in [0.29, 0.717) is 11.1 Å². The van der Waals surface area contributed by atoms with Crippen LogP contribution in [0.15, 0.2) is 67.3 Å². The normalized spacial score (nSPS) is 14.8. The summed E-state index contributed by atoms with van der Waals surface area (Å²) in [6.45, 7) is 3.73. The monoisotopic (exact) mass is 341 g/mol. The molecule has 0 aliphatic rings. The van der Waals surface area contributed by atoms with Crippen molar-refractivity contribution in [1.82, 2.24) is 4.98 Å². The van der Waals surface area contributed by atoms with Crippen LogP contribution in [0.4, 0.5) is 4.39 Å². The Morgan fingerprint density at radius 3 is 2.54 bits per heavy atom. The molecular formula is C19H16FNO2S. The van der Waals surface area contributed by atoms with E-state index in [4.69, 9.17) is 4.74 Å². The van der Waals surface area contributed by atoms with E-state index in [9.17, 15) is 4.79 Å². The van der Waals surface area contributed by atoms with Gasteiger partial charge in [0.15, 0.2) is 0 Å². The second kappa shape index (κ2) is 6.53. The molecule has 1 aromatic heterocycles. The lowest BCUT2D eigenvalue weighted by Crippen LogP contribution is -2.38. The summed E-state index contributed by atoms with van der Waals surface area (Å²) in [5, 5.41) is 0.0734. The van der Waals surface area contributed by atoms with Crippen LogP contribution in [0.1, 0.15) is 16.5 Å². The quantitative estimate of drug-likeness (QED) is 0.503. The zero-order valence-electron chi connectivity index (χ0n) is 13.1. The van der Waals surface area contributed by atoms with E-state index in [1.165, 1.54) is 13.2 Å². The summed E-state index contributed by atoms with van der Waals surface area (Å²) in [6.07, 6.45) is 1.43. The summed E-state index contributed by atoms with van der Waals surface area (Å²) in [6, 6.07) is 16.3. The van der Waals surface area contributed by atoms with Crippen LogP contribution in [0.2, 0.25) is 0 Å². The van der Waals surface area contributed by atoms with Crippen LogP contribution < -0.4 is 0 Å². The first-order valence-electron chi connectivity index (χ1n) is 7.42. The molecule has 0 spiro atoms. The molecule has 5 heteroatoms. The van der Waals surface area contributed by atoms with E-state index in [1.54, 1.807) is 30.3 Å². The molecular weight excluding hydrogens is 325 g/mol. The fourth-order valence-corrected chi connectivity index (χ4v) is 3.79. The molecule has 3 aromatic rings. The lowest BCUT2D eigenvalue weighted by atomic mass is 9.83. The first-order valence-corrected chi connectivity index (χ1v) is 8.23. The van der Waals surface area contributed by atoms with Gasteiger partial charge in [-0.05, 0) is 17.7 Å². The molecule has 0 N–H and O–H groups in total. The summed E-state index contributed by atoms with van der Waals surface area (Å²) in [4.78, 5) is 16.7. The third-order valence-electron chi connectivity index (χ3n) is 3.91. The van der Waals surface area contributed by atoms with Crippen molar-refractivity contribution in [3.05, 3.63) is 77.8 Å². The number of nitrogens with zero attached hydrogens (tertiary/aromatic N) is 1. The van der Waals surface area contributed by atoms with Crippen LogP contribution in [0.5, 0.6) is 0 Å². The molecule has 3 rings (SSSR count). The summed E-state index contributed by atoms with van der Waals surface area (Å²) in [5.41, 5.74) is -1.14. The first-order chi connectivity index (χ1) is 11.6. The minimum absolute atomic E-state index is 0.0734. The summed E-state index contributed by atoms with van der Waals surface area (Å²) in [5.74, 6) is -1.87. The molecule has 0 saturated carbocycles. The molecule has 0 amide bonds. The molecule has 0 saturated heterocycles. The van der Waals surface area contributed by atoms with E-state index >= 15 is 4.39 Å².